The van der Waals surface area contributed by atoms with Crippen molar-refractivity contribution in [2.45, 2.75) is 40.0 Å². The maximum absolute atomic E-state index is 13.3. The Kier molecular flexibility index (Phi) is 3.62. The van der Waals surface area contributed by atoms with Crippen molar-refractivity contribution in [3.05, 3.63) is 29.3 Å². The van der Waals surface area contributed by atoms with E-state index in [0.29, 0.717) is 11.6 Å². The van der Waals surface area contributed by atoms with Crippen LogP contribution in [0, 0.1) is 11.7 Å². The first-order valence-corrected chi connectivity index (χ1v) is 5.16. The SMILES string of the molecule is CC(C)Cc1ccc(F)c(C(C)C)n1. The van der Waals surface area contributed by atoms with Crippen LogP contribution in [0.2, 0.25) is 0 Å². The second kappa shape index (κ2) is 4.54. The number of hydrogen-bond acceptors (Lipinski definition) is 1. The molecule has 1 aromatic rings. The minimum absolute atomic E-state index is 0.155. The van der Waals surface area contributed by atoms with E-state index in [-0.39, 0.29) is 11.7 Å². The van der Waals surface area contributed by atoms with Gasteiger partial charge < -0.3 is 0 Å². The average Bonchev–Trinajstić information content (AvgIpc) is 2.07. The topological polar surface area (TPSA) is 12.9 Å². The molecule has 0 N–H and O–H groups in total. The molecule has 1 aromatic heterocycles. The lowest BCUT2D eigenvalue weighted by atomic mass is 10.0. The smallest absolute Gasteiger partial charge is 0.144 e. The highest BCUT2D eigenvalue weighted by Crippen LogP contribution is 2.17. The molecule has 0 saturated carbocycles. The number of nitrogens with zero attached hydrogens (tertiary/aromatic N) is 1. The standard InChI is InChI=1S/C12H18FN/c1-8(2)7-10-5-6-11(13)12(14-10)9(3)4/h5-6,8-9H,7H2,1-4H3. The fraction of sp³-hybridized carbons (Fsp3) is 0.583. The van der Waals surface area contributed by atoms with Crippen LogP contribution in [0.5, 0.6) is 0 Å². The summed E-state index contributed by atoms with van der Waals surface area (Å²) in [5.74, 6) is 0.530. The third-order valence-electron chi connectivity index (χ3n) is 2.10. The minimum Gasteiger partial charge on any atom is -0.255 e. The first-order valence-electron chi connectivity index (χ1n) is 5.16. The van der Waals surface area contributed by atoms with E-state index in [0.717, 1.165) is 12.1 Å². The Balaban J connectivity index is 2.94. The van der Waals surface area contributed by atoms with Crippen molar-refractivity contribution in [2.75, 3.05) is 0 Å². The summed E-state index contributed by atoms with van der Waals surface area (Å²) in [6.45, 7) is 8.20. The van der Waals surface area contributed by atoms with Gasteiger partial charge in [-0.15, -0.1) is 0 Å². The van der Waals surface area contributed by atoms with Gasteiger partial charge in [-0.1, -0.05) is 27.7 Å². The van der Waals surface area contributed by atoms with Crippen molar-refractivity contribution < 1.29 is 4.39 Å². The summed E-state index contributed by atoms with van der Waals surface area (Å²) in [6.07, 6.45) is 0.917. The van der Waals surface area contributed by atoms with Crippen LogP contribution >= 0.6 is 0 Å². The molecule has 0 aliphatic carbocycles. The van der Waals surface area contributed by atoms with Crippen molar-refractivity contribution in [1.29, 1.82) is 0 Å². The summed E-state index contributed by atoms with van der Waals surface area (Å²) >= 11 is 0. The van der Waals surface area contributed by atoms with E-state index in [9.17, 15) is 4.39 Å². The lowest BCUT2D eigenvalue weighted by Gasteiger charge is -2.09. The number of hydrogen-bond donors (Lipinski definition) is 0. The van der Waals surface area contributed by atoms with Crippen LogP contribution in [-0.4, -0.2) is 4.98 Å². The highest BCUT2D eigenvalue weighted by Gasteiger charge is 2.09. The maximum atomic E-state index is 13.3. The molecule has 1 rings (SSSR count). The molecular formula is C12H18FN. The van der Waals surface area contributed by atoms with Gasteiger partial charge >= 0.3 is 0 Å². The van der Waals surface area contributed by atoms with Crippen molar-refractivity contribution >= 4 is 0 Å². The summed E-state index contributed by atoms with van der Waals surface area (Å²) in [5.41, 5.74) is 1.58. The van der Waals surface area contributed by atoms with Gasteiger partial charge in [-0.2, -0.15) is 0 Å². The largest absolute Gasteiger partial charge is 0.255 e. The zero-order valence-corrected chi connectivity index (χ0v) is 9.34. The van der Waals surface area contributed by atoms with Crippen molar-refractivity contribution in [1.82, 2.24) is 4.98 Å². The third kappa shape index (κ3) is 2.79. The summed E-state index contributed by atoms with van der Waals surface area (Å²) in [7, 11) is 0. The Morgan fingerprint density at radius 1 is 1.21 bits per heavy atom. The van der Waals surface area contributed by atoms with Gasteiger partial charge in [0, 0.05) is 5.69 Å². The Hall–Kier alpha value is -0.920. The van der Waals surface area contributed by atoms with Crippen LogP contribution in [0.25, 0.3) is 0 Å². The molecule has 1 heterocycles. The van der Waals surface area contributed by atoms with Gasteiger partial charge in [-0.05, 0) is 30.4 Å². The van der Waals surface area contributed by atoms with Gasteiger partial charge in [0.2, 0.25) is 0 Å². The highest BCUT2D eigenvalue weighted by molar-refractivity contribution is 5.16. The molecule has 0 amide bonds. The van der Waals surface area contributed by atoms with E-state index in [2.05, 4.69) is 18.8 Å². The second-order valence-corrected chi connectivity index (χ2v) is 4.42. The molecule has 0 spiro atoms. The number of aromatic nitrogens is 1. The Morgan fingerprint density at radius 3 is 2.36 bits per heavy atom. The first kappa shape index (κ1) is 11.2. The van der Waals surface area contributed by atoms with Crippen molar-refractivity contribution in [3.63, 3.8) is 0 Å². The second-order valence-electron chi connectivity index (χ2n) is 4.42. The zero-order chi connectivity index (χ0) is 10.7. The normalized spacial score (nSPS) is 11.4. The molecular weight excluding hydrogens is 177 g/mol. The van der Waals surface area contributed by atoms with Crippen LogP contribution in [0.15, 0.2) is 12.1 Å². The molecule has 1 nitrogen and oxygen atoms in total. The highest BCUT2D eigenvalue weighted by atomic mass is 19.1. The van der Waals surface area contributed by atoms with E-state index in [1.54, 1.807) is 6.07 Å². The molecule has 0 bridgehead atoms. The van der Waals surface area contributed by atoms with E-state index in [1.807, 2.05) is 13.8 Å². The van der Waals surface area contributed by atoms with Gasteiger partial charge in [0.15, 0.2) is 0 Å². The van der Waals surface area contributed by atoms with Gasteiger partial charge in [0.1, 0.15) is 5.82 Å². The molecule has 0 aromatic carbocycles. The van der Waals surface area contributed by atoms with Gasteiger partial charge in [0.05, 0.1) is 5.69 Å². The van der Waals surface area contributed by atoms with Crippen LogP contribution in [0.4, 0.5) is 4.39 Å². The molecule has 0 unspecified atom stereocenters. The van der Waals surface area contributed by atoms with Crippen molar-refractivity contribution in [2.24, 2.45) is 5.92 Å². The van der Waals surface area contributed by atoms with Crippen LogP contribution in [0.1, 0.15) is 45.0 Å². The predicted molar refractivity (Wildman–Crippen MR) is 56.8 cm³/mol. The van der Waals surface area contributed by atoms with E-state index < -0.39 is 0 Å². The predicted octanol–water partition coefficient (Wildman–Crippen LogP) is 3.54. The lowest BCUT2D eigenvalue weighted by molar-refractivity contribution is 0.571. The maximum Gasteiger partial charge on any atom is 0.144 e. The summed E-state index contributed by atoms with van der Waals surface area (Å²) in [5, 5.41) is 0. The Morgan fingerprint density at radius 2 is 1.86 bits per heavy atom. The lowest BCUT2D eigenvalue weighted by Crippen LogP contribution is -2.03. The third-order valence-corrected chi connectivity index (χ3v) is 2.10. The van der Waals surface area contributed by atoms with Crippen LogP contribution < -0.4 is 0 Å². The van der Waals surface area contributed by atoms with Crippen LogP contribution in [-0.2, 0) is 6.42 Å². The summed E-state index contributed by atoms with van der Waals surface area (Å²) in [6, 6.07) is 3.31. The number of pyridine rings is 1. The molecule has 0 saturated heterocycles. The molecule has 0 fully saturated rings. The Labute approximate surface area is 85.4 Å². The molecule has 0 aliphatic rings. The van der Waals surface area contributed by atoms with Gasteiger partial charge in [-0.3, -0.25) is 4.98 Å². The Bertz CT molecular complexity index is 305. The van der Waals surface area contributed by atoms with Crippen molar-refractivity contribution in [3.8, 4) is 0 Å². The van der Waals surface area contributed by atoms with E-state index >= 15 is 0 Å². The summed E-state index contributed by atoms with van der Waals surface area (Å²) in [4.78, 5) is 4.34. The molecule has 2 heteroatoms. The molecule has 78 valence electrons. The average molecular weight is 195 g/mol. The van der Waals surface area contributed by atoms with Gasteiger partial charge in [-0.25, -0.2) is 4.39 Å². The fourth-order valence-corrected chi connectivity index (χ4v) is 1.44. The fourth-order valence-electron chi connectivity index (χ4n) is 1.44. The number of halogens is 1. The molecule has 0 aliphatic heterocycles. The first-order chi connectivity index (χ1) is 6.50. The molecule has 0 radical (unpaired) electrons. The minimum atomic E-state index is -0.187. The van der Waals surface area contributed by atoms with E-state index in [4.69, 9.17) is 0 Å². The monoisotopic (exact) mass is 195 g/mol. The van der Waals surface area contributed by atoms with Crippen LogP contribution in [0.3, 0.4) is 0 Å². The zero-order valence-electron chi connectivity index (χ0n) is 9.34. The molecule has 14 heavy (non-hydrogen) atoms. The molecule has 0 atom stereocenters. The summed E-state index contributed by atoms with van der Waals surface area (Å²) < 4.78 is 13.3. The van der Waals surface area contributed by atoms with E-state index in [1.165, 1.54) is 6.07 Å². The number of rotatable bonds is 3. The quantitative estimate of drug-likeness (QED) is 0.718. The van der Waals surface area contributed by atoms with Gasteiger partial charge in [0.25, 0.3) is 0 Å².